The number of rotatable bonds is 2. The van der Waals surface area contributed by atoms with Gasteiger partial charge in [0.2, 0.25) is 6.79 Å². The van der Waals surface area contributed by atoms with Crippen LogP contribution in [0.15, 0.2) is 18.2 Å². The number of hydrogen-bond donors (Lipinski definition) is 2. The van der Waals surface area contributed by atoms with E-state index < -0.39 is 6.10 Å². The van der Waals surface area contributed by atoms with Crippen LogP contribution in [0.1, 0.15) is 30.9 Å². The van der Waals surface area contributed by atoms with Gasteiger partial charge in [0.15, 0.2) is 11.5 Å². The SMILES string of the molecule is OC(c1ccc2c(c1)OCO2)C1CCCCN1. The Labute approximate surface area is 101 Å². The summed E-state index contributed by atoms with van der Waals surface area (Å²) in [5.41, 5.74) is 0.897. The lowest BCUT2D eigenvalue weighted by Crippen LogP contribution is -2.38. The summed E-state index contributed by atoms with van der Waals surface area (Å²) in [6, 6.07) is 5.81. The molecule has 0 saturated carbocycles. The molecule has 17 heavy (non-hydrogen) atoms. The normalized spacial score (nSPS) is 24.6. The molecule has 1 fully saturated rings. The van der Waals surface area contributed by atoms with Gasteiger partial charge in [0.1, 0.15) is 0 Å². The van der Waals surface area contributed by atoms with E-state index in [-0.39, 0.29) is 12.8 Å². The van der Waals surface area contributed by atoms with Crippen molar-refractivity contribution in [2.75, 3.05) is 13.3 Å². The number of ether oxygens (including phenoxy) is 2. The Kier molecular flexibility index (Phi) is 2.91. The quantitative estimate of drug-likeness (QED) is 0.817. The van der Waals surface area contributed by atoms with Gasteiger partial charge in [-0.2, -0.15) is 0 Å². The van der Waals surface area contributed by atoms with Gasteiger partial charge in [-0.3, -0.25) is 0 Å². The molecule has 4 heteroatoms. The molecule has 0 amide bonds. The molecule has 4 nitrogen and oxygen atoms in total. The summed E-state index contributed by atoms with van der Waals surface area (Å²) in [5, 5.41) is 13.7. The zero-order valence-electron chi connectivity index (χ0n) is 9.69. The third kappa shape index (κ3) is 2.10. The molecule has 1 aromatic carbocycles. The summed E-state index contributed by atoms with van der Waals surface area (Å²) in [7, 11) is 0. The van der Waals surface area contributed by atoms with Gasteiger partial charge in [-0.15, -0.1) is 0 Å². The second-order valence-corrected chi connectivity index (χ2v) is 4.61. The summed E-state index contributed by atoms with van der Waals surface area (Å²) in [6.07, 6.45) is 2.93. The molecule has 2 unspecified atom stereocenters. The average molecular weight is 235 g/mol. The van der Waals surface area contributed by atoms with Crippen LogP contribution in [0.2, 0.25) is 0 Å². The Morgan fingerprint density at radius 3 is 2.94 bits per heavy atom. The fourth-order valence-electron chi connectivity index (χ4n) is 2.48. The van der Waals surface area contributed by atoms with Gasteiger partial charge in [0.05, 0.1) is 6.10 Å². The van der Waals surface area contributed by atoms with Crippen molar-refractivity contribution in [1.29, 1.82) is 0 Å². The lowest BCUT2D eigenvalue weighted by atomic mass is 9.95. The highest BCUT2D eigenvalue weighted by Gasteiger charge is 2.24. The first-order valence-corrected chi connectivity index (χ1v) is 6.15. The first kappa shape index (κ1) is 10.9. The van der Waals surface area contributed by atoms with Gasteiger partial charge < -0.3 is 19.9 Å². The molecule has 0 bridgehead atoms. The van der Waals surface area contributed by atoms with Crippen LogP contribution in [0.4, 0.5) is 0 Å². The van der Waals surface area contributed by atoms with Crippen LogP contribution in [0, 0.1) is 0 Å². The van der Waals surface area contributed by atoms with Crippen LogP contribution in [-0.2, 0) is 0 Å². The molecular weight excluding hydrogens is 218 g/mol. The Bertz CT molecular complexity index is 402. The predicted molar refractivity (Wildman–Crippen MR) is 63.2 cm³/mol. The van der Waals surface area contributed by atoms with Crippen molar-refractivity contribution in [3.05, 3.63) is 23.8 Å². The lowest BCUT2D eigenvalue weighted by molar-refractivity contribution is 0.113. The molecule has 2 aliphatic rings. The van der Waals surface area contributed by atoms with Gasteiger partial charge in [-0.05, 0) is 37.1 Å². The summed E-state index contributed by atoms with van der Waals surface area (Å²) < 4.78 is 10.6. The van der Waals surface area contributed by atoms with Crippen molar-refractivity contribution in [3.8, 4) is 11.5 Å². The molecule has 0 spiro atoms. The number of aliphatic hydroxyl groups is 1. The van der Waals surface area contributed by atoms with Gasteiger partial charge in [0, 0.05) is 6.04 Å². The predicted octanol–water partition coefficient (Wildman–Crippen LogP) is 1.59. The van der Waals surface area contributed by atoms with Crippen LogP contribution < -0.4 is 14.8 Å². The fraction of sp³-hybridized carbons (Fsp3) is 0.538. The second kappa shape index (κ2) is 4.55. The van der Waals surface area contributed by atoms with Gasteiger partial charge in [-0.1, -0.05) is 12.5 Å². The Hall–Kier alpha value is -1.26. The van der Waals surface area contributed by atoms with E-state index in [0.29, 0.717) is 0 Å². The van der Waals surface area contributed by atoms with Crippen molar-refractivity contribution >= 4 is 0 Å². The third-order valence-corrected chi connectivity index (χ3v) is 3.47. The highest BCUT2D eigenvalue weighted by Crippen LogP contribution is 2.35. The Morgan fingerprint density at radius 2 is 2.12 bits per heavy atom. The molecule has 1 saturated heterocycles. The van der Waals surface area contributed by atoms with E-state index in [1.165, 1.54) is 12.8 Å². The van der Waals surface area contributed by atoms with Crippen LogP contribution in [0.3, 0.4) is 0 Å². The molecule has 2 N–H and O–H groups in total. The van der Waals surface area contributed by atoms with Crippen LogP contribution >= 0.6 is 0 Å². The van der Waals surface area contributed by atoms with E-state index in [0.717, 1.165) is 30.0 Å². The van der Waals surface area contributed by atoms with E-state index in [1.54, 1.807) is 0 Å². The smallest absolute Gasteiger partial charge is 0.231 e. The third-order valence-electron chi connectivity index (χ3n) is 3.47. The first-order chi connectivity index (χ1) is 8.34. The summed E-state index contributed by atoms with van der Waals surface area (Å²) in [5.74, 6) is 1.50. The minimum absolute atomic E-state index is 0.157. The second-order valence-electron chi connectivity index (χ2n) is 4.61. The summed E-state index contributed by atoms with van der Waals surface area (Å²) in [4.78, 5) is 0. The van der Waals surface area contributed by atoms with Crippen molar-refractivity contribution in [2.45, 2.75) is 31.4 Å². The van der Waals surface area contributed by atoms with Crippen molar-refractivity contribution in [3.63, 3.8) is 0 Å². The molecule has 2 atom stereocenters. The first-order valence-electron chi connectivity index (χ1n) is 6.15. The van der Waals surface area contributed by atoms with E-state index in [9.17, 15) is 5.11 Å². The number of nitrogens with one attached hydrogen (secondary N) is 1. The summed E-state index contributed by atoms with van der Waals surface area (Å²) >= 11 is 0. The van der Waals surface area contributed by atoms with Gasteiger partial charge >= 0.3 is 0 Å². The number of piperidine rings is 1. The minimum Gasteiger partial charge on any atom is -0.454 e. The van der Waals surface area contributed by atoms with Crippen LogP contribution in [-0.4, -0.2) is 24.5 Å². The summed E-state index contributed by atoms with van der Waals surface area (Å²) in [6.45, 7) is 1.27. The molecule has 2 heterocycles. The van der Waals surface area contributed by atoms with Gasteiger partial charge in [-0.25, -0.2) is 0 Å². The monoisotopic (exact) mass is 235 g/mol. The average Bonchev–Trinajstić information content (AvgIpc) is 2.86. The highest BCUT2D eigenvalue weighted by atomic mass is 16.7. The molecule has 3 rings (SSSR count). The molecule has 2 aliphatic heterocycles. The number of fused-ring (bicyclic) bond motifs is 1. The number of aliphatic hydroxyl groups excluding tert-OH is 1. The zero-order chi connectivity index (χ0) is 11.7. The number of hydrogen-bond acceptors (Lipinski definition) is 4. The molecule has 0 radical (unpaired) electrons. The zero-order valence-corrected chi connectivity index (χ0v) is 9.69. The lowest BCUT2D eigenvalue weighted by Gasteiger charge is -2.28. The Morgan fingerprint density at radius 1 is 1.24 bits per heavy atom. The largest absolute Gasteiger partial charge is 0.454 e. The van der Waals surface area contributed by atoms with Crippen molar-refractivity contribution in [1.82, 2.24) is 5.32 Å². The van der Waals surface area contributed by atoms with Crippen molar-refractivity contribution < 1.29 is 14.6 Å². The maximum absolute atomic E-state index is 10.3. The molecular formula is C13H17NO3. The Balaban J connectivity index is 1.78. The molecule has 0 aliphatic carbocycles. The maximum Gasteiger partial charge on any atom is 0.231 e. The minimum atomic E-state index is -0.468. The molecule has 0 aromatic heterocycles. The van der Waals surface area contributed by atoms with Gasteiger partial charge in [0.25, 0.3) is 0 Å². The molecule has 92 valence electrons. The standard InChI is InChI=1S/C13H17NO3/c15-13(10-3-1-2-6-14-10)9-4-5-11-12(7-9)17-8-16-11/h4-5,7,10,13-15H,1-3,6,8H2. The molecule has 1 aromatic rings. The van der Waals surface area contributed by atoms with E-state index in [1.807, 2.05) is 18.2 Å². The fourth-order valence-corrected chi connectivity index (χ4v) is 2.48. The van der Waals surface area contributed by atoms with E-state index in [2.05, 4.69) is 5.32 Å². The maximum atomic E-state index is 10.3. The highest BCUT2D eigenvalue weighted by molar-refractivity contribution is 5.45. The van der Waals surface area contributed by atoms with Crippen molar-refractivity contribution in [2.24, 2.45) is 0 Å². The topological polar surface area (TPSA) is 50.7 Å². The van der Waals surface area contributed by atoms with Crippen LogP contribution in [0.5, 0.6) is 11.5 Å². The van der Waals surface area contributed by atoms with Crippen LogP contribution in [0.25, 0.3) is 0 Å². The van der Waals surface area contributed by atoms with E-state index in [4.69, 9.17) is 9.47 Å². The van der Waals surface area contributed by atoms with E-state index >= 15 is 0 Å². The number of benzene rings is 1.